The van der Waals surface area contributed by atoms with E-state index in [1.54, 1.807) is 7.05 Å². The molecule has 0 fully saturated rings. The first-order valence-corrected chi connectivity index (χ1v) is 10.1. The van der Waals surface area contributed by atoms with Gasteiger partial charge in [-0.05, 0) is 46.1 Å². The lowest BCUT2D eigenvalue weighted by Crippen LogP contribution is -2.43. The third-order valence-corrected chi connectivity index (χ3v) is 5.53. The molecule has 0 aromatic heterocycles. The quantitative estimate of drug-likeness (QED) is 0.574. The highest BCUT2D eigenvalue weighted by atomic mass is 32.2. The maximum absolute atomic E-state index is 5.89. The summed E-state index contributed by atoms with van der Waals surface area (Å²) in [7, 11) is 1.79. The molecule has 2 rings (SSSR count). The SMILES string of the molecule is CCOc1cc2c(cc1CNC(=NC)NCC(C)(C)SC)OC(C)C2. The van der Waals surface area contributed by atoms with Crippen LogP contribution in [0.2, 0.25) is 0 Å². The number of thioether (sulfide) groups is 1. The molecule has 1 atom stereocenters. The van der Waals surface area contributed by atoms with Gasteiger partial charge in [-0.25, -0.2) is 0 Å². The summed E-state index contributed by atoms with van der Waals surface area (Å²) in [5, 5.41) is 6.77. The van der Waals surface area contributed by atoms with E-state index in [-0.39, 0.29) is 10.9 Å². The molecule has 1 aromatic carbocycles. The lowest BCUT2D eigenvalue weighted by atomic mass is 10.1. The van der Waals surface area contributed by atoms with E-state index in [0.29, 0.717) is 13.2 Å². The number of hydrogen-bond acceptors (Lipinski definition) is 4. The Morgan fingerprint density at radius 1 is 1.40 bits per heavy atom. The molecule has 0 saturated heterocycles. The molecule has 1 heterocycles. The van der Waals surface area contributed by atoms with E-state index >= 15 is 0 Å². The van der Waals surface area contributed by atoms with Gasteiger partial charge in [-0.2, -0.15) is 11.8 Å². The van der Waals surface area contributed by atoms with Crippen LogP contribution in [0.5, 0.6) is 11.5 Å². The van der Waals surface area contributed by atoms with Crippen molar-refractivity contribution in [2.45, 2.75) is 51.5 Å². The molecule has 1 aliphatic rings. The van der Waals surface area contributed by atoms with E-state index in [2.05, 4.69) is 54.8 Å². The van der Waals surface area contributed by atoms with Gasteiger partial charge in [0.15, 0.2) is 5.96 Å². The fourth-order valence-electron chi connectivity index (χ4n) is 2.68. The third-order valence-electron chi connectivity index (χ3n) is 4.28. The zero-order chi connectivity index (χ0) is 18.4. The maximum atomic E-state index is 5.89. The number of nitrogens with one attached hydrogen (secondary N) is 2. The van der Waals surface area contributed by atoms with Crippen molar-refractivity contribution in [2.75, 3.05) is 26.5 Å². The molecule has 0 saturated carbocycles. The molecular formula is C19H31N3O2S. The Kier molecular flexibility index (Phi) is 6.87. The smallest absolute Gasteiger partial charge is 0.191 e. The van der Waals surface area contributed by atoms with Crippen LogP contribution in [0.15, 0.2) is 17.1 Å². The van der Waals surface area contributed by atoms with Crippen LogP contribution < -0.4 is 20.1 Å². The monoisotopic (exact) mass is 365 g/mol. The fourth-order valence-corrected chi connectivity index (χ4v) is 2.89. The zero-order valence-corrected chi connectivity index (χ0v) is 17.0. The van der Waals surface area contributed by atoms with Crippen LogP contribution in [0.3, 0.4) is 0 Å². The van der Waals surface area contributed by atoms with E-state index in [9.17, 15) is 0 Å². The Morgan fingerprint density at radius 2 is 2.16 bits per heavy atom. The summed E-state index contributed by atoms with van der Waals surface area (Å²) < 4.78 is 11.9. The minimum atomic E-state index is 0.158. The van der Waals surface area contributed by atoms with E-state index in [4.69, 9.17) is 9.47 Å². The number of ether oxygens (including phenoxy) is 2. The van der Waals surface area contributed by atoms with Gasteiger partial charge in [0.1, 0.15) is 17.6 Å². The average molecular weight is 366 g/mol. The lowest BCUT2D eigenvalue weighted by Gasteiger charge is -2.24. The summed E-state index contributed by atoms with van der Waals surface area (Å²) in [6.45, 7) is 10.7. The van der Waals surface area contributed by atoms with Crippen LogP contribution in [0.4, 0.5) is 0 Å². The Labute approximate surface area is 156 Å². The second-order valence-corrected chi connectivity index (χ2v) is 8.39. The molecule has 1 aliphatic heterocycles. The molecule has 0 spiro atoms. The van der Waals surface area contributed by atoms with Crippen LogP contribution in [0.1, 0.15) is 38.8 Å². The molecule has 2 N–H and O–H groups in total. The first-order valence-electron chi connectivity index (χ1n) is 8.83. The molecule has 6 heteroatoms. The molecule has 25 heavy (non-hydrogen) atoms. The highest BCUT2D eigenvalue weighted by Crippen LogP contribution is 2.35. The minimum Gasteiger partial charge on any atom is -0.494 e. The summed E-state index contributed by atoms with van der Waals surface area (Å²) in [5.74, 6) is 2.69. The lowest BCUT2D eigenvalue weighted by molar-refractivity contribution is 0.254. The minimum absolute atomic E-state index is 0.158. The van der Waals surface area contributed by atoms with Crippen LogP contribution in [-0.4, -0.2) is 43.3 Å². The molecule has 5 nitrogen and oxygen atoms in total. The topological polar surface area (TPSA) is 54.9 Å². The van der Waals surface area contributed by atoms with Gasteiger partial charge in [0.25, 0.3) is 0 Å². The molecule has 0 amide bonds. The first-order chi connectivity index (χ1) is 11.9. The Morgan fingerprint density at radius 3 is 2.80 bits per heavy atom. The fraction of sp³-hybridized carbons (Fsp3) is 0.632. The highest BCUT2D eigenvalue weighted by Gasteiger charge is 2.22. The molecule has 0 aliphatic carbocycles. The summed E-state index contributed by atoms with van der Waals surface area (Å²) in [5.41, 5.74) is 2.31. The van der Waals surface area contributed by atoms with E-state index in [0.717, 1.165) is 36.0 Å². The normalized spacial score (nSPS) is 17.0. The summed E-state index contributed by atoms with van der Waals surface area (Å²) in [6, 6.07) is 4.21. The van der Waals surface area contributed by atoms with Crippen LogP contribution in [0, 0.1) is 0 Å². The number of hydrogen-bond donors (Lipinski definition) is 2. The standard InChI is InChI=1S/C19H31N3O2S/c1-7-23-16-9-14-8-13(2)24-17(14)10-15(16)11-21-18(20-5)22-12-19(3,4)25-6/h9-10,13H,7-8,11-12H2,1-6H3,(H2,20,21,22). The van der Waals surface area contributed by atoms with Gasteiger partial charge in [-0.15, -0.1) is 0 Å². The van der Waals surface area contributed by atoms with Crippen molar-refractivity contribution in [2.24, 2.45) is 4.99 Å². The number of guanidine groups is 1. The molecular weight excluding hydrogens is 334 g/mol. The molecule has 0 radical (unpaired) electrons. The number of nitrogens with zero attached hydrogens (tertiary/aromatic N) is 1. The Hall–Kier alpha value is -1.56. The second kappa shape index (κ2) is 8.70. The highest BCUT2D eigenvalue weighted by molar-refractivity contribution is 7.99. The predicted octanol–water partition coefficient (Wildman–Crippen LogP) is 3.22. The van der Waals surface area contributed by atoms with Gasteiger partial charge in [0, 0.05) is 42.4 Å². The van der Waals surface area contributed by atoms with Crippen molar-refractivity contribution in [3.8, 4) is 11.5 Å². The van der Waals surface area contributed by atoms with Crippen molar-refractivity contribution in [1.82, 2.24) is 10.6 Å². The maximum Gasteiger partial charge on any atom is 0.191 e. The van der Waals surface area contributed by atoms with Crippen molar-refractivity contribution >= 4 is 17.7 Å². The number of aliphatic imine (C=N–C) groups is 1. The first kappa shape index (κ1) is 19.8. The Balaban J connectivity index is 2.05. The van der Waals surface area contributed by atoms with Gasteiger partial charge in [0.05, 0.1) is 6.61 Å². The molecule has 140 valence electrons. The van der Waals surface area contributed by atoms with E-state index < -0.39 is 0 Å². The van der Waals surface area contributed by atoms with E-state index in [1.807, 2.05) is 18.7 Å². The van der Waals surface area contributed by atoms with Crippen LogP contribution >= 0.6 is 11.8 Å². The summed E-state index contributed by atoms with van der Waals surface area (Å²) in [4.78, 5) is 4.31. The number of rotatable bonds is 7. The molecule has 1 unspecified atom stereocenters. The van der Waals surface area contributed by atoms with Gasteiger partial charge < -0.3 is 20.1 Å². The van der Waals surface area contributed by atoms with Gasteiger partial charge in [-0.3, -0.25) is 4.99 Å². The third kappa shape index (κ3) is 5.46. The second-order valence-electron chi connectivity index (χ2n) is 6.88. The summed E-state index contributed by atoms with van der Waals surface area (Å²) >= 11 is 1.83. The van der Waals surface area contributed by atoms with Crippen molar-refractivity contribution in [3.63, 3.8) is 0 Å². The van der Waals surface area contributed by atoms with Crippen LogP contribution in [-0.2, 0) is 13.0 Å². The molecule has 1 aromatic rings. The predicted molar refractivity (Wildman–Crippen MR) is 107 cm³/mol. The number of benzene rings is 1. The van der Waals surface area contributed by atoms with Crippen molar-refractivity contribution in [3.05, 3.63) is 23.3 Å². The average Bonchev–Trinajstić information content (AvgIpc) is 2.94. The zero-order valence-electron chi connectivity index (χ0n) is 16.2. The Bertz CT molecular complexity index is 617. The van der Waals surface area contributed by atoms with Gasteiger partial charge in [0.2, 0.25) is 0 Å². The number of fused-ring (bicyclic) bond motifs is 1. The van der Waals surface area contributed by atoms with E-state index in [1.165, 1.54) is 5.56 Å². The van der Waals surface area contributed by atoms with Crippen molar-refractivity contribution in [1.29, 1.82) is 0 Å². The molecule has 0 bridgehead atoms. The van der Waals surface area contributed by atoms with Gasteiger partial charge >= 0.3 is 0 Å². The van der Waals surface area contributed by atoms with Gasteiger partial charge in [-0.1, -0.05) is 0 Å². The van der Waals surface area contributed by atoms with Crippen molar-refractivity contribution < 1.29 is 9.47 Å². The van der Waals surface area contributed by atoms with Crippen LogP contribution in [0.25, 0.3) is 0 Å². The largest absolute Gasteiger partial charge is 0.494 e. The summed E-state index contributed by atoms with van der Waals surface area (Å²) in [6.07, 6.45) is 3.30.